The van der Waals surface area contributed by atoms with Gasteiger partial charge in [0.25, 0.3) is 5.91 Å². The van der Waals surface area contributed by atoms with Crippen LogP contribution >= 0.6 is 15.9 Å². The fraction of sp³-hybridized carbons (Fsp3) is 0.278. The van der Waals surface area contributed by atoms with E-state index in [1.807, 2.05) is 31.2 Å². The number of hydrogen-bond donors (Lipinski definition) is 2. The maximum Gasteiger partial charge on any atom is 0.251 e. The molecule has 1 amide bonds. The lowest BCUT2D eigenvalue weighted by atomic mass is 10.1. The second-order valence-electron chi connectivity index (χ2n) is 5.17. The number of nitrogens with one attached hydrogen (secondary N) is 1. The van der Waals surface area contributed by atoms with Gasteiger partial charge in [0, 0.05) is 17.8 Å². The lowest BCUT2D eigenvalue weighted by molar-refractivity contribution is 0.0953. The maximum absolute atomic E-state index is 12.3. The summed E-state index contributed by atoms with van der Waals surface area (Å²) in [6.07, 6.45) is 0.737. The van der Waals surface area contributed by atoms with Crippen molar-refractivity contribution in [2.45, 2.75) is 13.3 Å². The van der Waals surface area contributed by atoms with E-state index in [2.05, 4.69) is 21.2 Å². The van der Waals surface area contributed by atoms with Crippen molar-refractivity contribution in [3.8, 4) is 11.5 Å². The van der Waals surface area contributed by atoms with Crippen LogP contribution in [0.25, 0.3) is 0 Å². The Bertz CT molecular complexity index is 702. The second-order valence-corrected chi connectivity index (χ2v) is 6.02. The summed E-state index contributed by atoms with van der Waals surface area (Å²) in [5.74, 6) is 0.959. The number of ether oxygens (including phenoxy) is 2. The monoisotopic (exact) mass is 392 g/mol. The molecule has 5 nitrogen and oxygen atoms in total. The van der Waals surface area contributed by atoms with Crippen LogP contribution in [0.2, 0.25) is 0 Å². The van der Waals surface area contributed by atoms with Gasteiger partial charge in [-0.05, 0) is 59.1 Å². The summed E-state index contributed by atoms with van der Waals surface area (Å²) in [5, 5.41) is 2.90. The van der Waals surface area contributed by atoms with Crippen LogP contribution in [0.3, 0.4) is 0 Å². The van der Waals surface area contributed by atoms with Gasteiger partial charge in [-0.15, -0.1) is 0 Å². The Balaban J connectivity index is 2.01. The van der Waals surface area contributed by atoms with Crippen molar-refractivity contribution in [3.05, 3.63) is 52.0 Å². The molecule has 3 N–H and O–H groups in total. The molecule has 2 aromatic rings. The number of nitrogens with two attached hydrogens (primary N) is 1. The van der Waals surface area contributed by atoms with Gasteiger partial charge in [-0.25, -0.2) is 0 Å². The number of carbonyl (C=O) groups excluding carboxylic acids is 1. The Morgan fingerprint density at radius 3 is 2.58 bits per heavy atom. The van der Waals surface area contributed by atoms with Gasteiger partial charge in [-0.2, -0.15) is 0 Å². The van der Waals surface area contributed by atoms with Crippen LogP contribution in [0.1, 0.15) is 22.8 Å². The molecule has 0 heterocycles. The van der Waals surface area contributed by atoms with E-state index in [1.54, 1.807) is 19.2 Å². The number of anilines is 1. The Hall–Kier alpha value is -2.21. The van der Waals surface area contributed by atoms with E-state index in [9.17, 15) is 4.79 Å². The molecule has 0 saturated carbocycles. The molecule has 0 spiro atoms. The smallest absolute Gasteiger partial charge is 0.251 e. The molecule has 6 heteroatoms. The summed E-state index contributed by atoms with van der Waals surface area (Å²) in [5.41, 5.74) is 8.02. The molecule has 2 rings (SSSR count). The number of rotatable bonds is 7. The molecule has 0 aromatic heterocycles. The van der Waals surface area contributed by atoms with Crippen molar-refractivity contribution in [2.24, 2.45) is 0 Å². The number of benzene rings is 2. The number of carbonyl (C=O) groups is 1. The fourth-order valence-electron chi connectivity index (χ4n) is 2.24. The summed E-state index contributed by atoms with van der Waals surface area (Å²) >= 11 is 3.42. The summed E-state index contributed by atoms with van der Waals surface area (Å²) in [4.78, 5) is 12.3. The topological polar surface area (TPSA) is 73.6 Å². The third-order valence-corrected chi connectivity index (χ3v) is 4.05. The van der Waals surface area contributed by atoms with E-state index in [0.717, 1.165) is 17.7 Å². The van der Waals surface area contributed by atoms with Crippen LogP contribution in [-0.2, 0) is 6.42 Å². The number of halogens is 1. The first-order valence-corrected chi connectivity index (χ1v) is 8.47. The predicted octanol–water partition coefficient (Wildman–Crippen LogP) is 3.41. The van der Waals surface area contributed by atoms with Gasteiger partial charge in [0.1, 0.15) is 0 Å². The highest BCUT2D eigenvalue weighted by atomic mass is 79.9. The number of hydrogen-bond acceptors (Lipinski definition) is 4. The number of nitrogen functional groups attached to an aromatic ring is 1. The predicted molar refractivity (Wildman–Crippen MR) is 98.8 cm³/mol. The highest BCUT2D eigenvalue weighted by molar-refractivity contribution is 9.10. The quantitative estimate of drug-likeness (QED) is 0.708. The van der Waals surface area contributed by atoms with Gasteiger partial charge in [0.15, 0.2) is 11.5 Å². The molecule has 0 aliphatic rings. The lowest BCUT2D eigenvalue weighted by Gasteiger charge is -2.13. The minimum Gasteiger partial charge on any atom is -0.493 e. The lowest BCUT2D eigenvalue weighted by Crippen LogP contribution is -2.25. The molecule has 128 valence electrons. The Morgan fingerprint density at radius 1 is 1.25 bits per heavy atom. The summed E-state index contributed by atoms with van der Waals surface area (Å²) < 4.78 is 11.5. The highest BCUT2D eigenvalue weighted by Crippen LogP contribution is 2.36. The van der Waals surface area contributed by atoms with E-state index in [1.165, 1.54) is 0 Å². The first-order valence-electron chi connectivity index (χ1n) is 7.68. The summed E-state index contributed by atoms with van der Waals surface area (Å²) in [6, 6.07) is 11.0. The largest absolute Gasteiger partial charge is 0.493 e. The van der Waals surface area contributed by atoms with Crippen molar-refractivity contribution in [2.75, 3.05) is 26.0 Å². The third-order valence-electron chi connectivity index (χ3n) is 3.46. The summed E-state index contributed by atoms with van der Waals surface area (Å²) in [6.45, 7) is 2.95. The van der Waals surface area contributed by atoms with Crippen molar-refractivity contribution >= 4 is 27.5 Å². The third kappa shape index (κ3) is 4.64. The van der Waals surface area contributed by atoms with Crippen LogP contribution in [0.15, 0.2) is 40.9 Å². The minimum absolute atomic E-state index is 0.160. The van der Waals surface area contributed by atoms with Crippen LogP contribution in [-0.4, -0.2) is 26.2 Å². The van der Waals surface area contributed by atoms with E-state index < -0.39 is 0 Å². The zero-order valence-electron chi connectivity index (χ0n) is 13.8. The zero-order valence-corrected chi connectivity index (χ0v) is 15.4. The molecule has 0 saturated heterocycles. The molecule has 24 heavy (non-hydrogen) atoms. The molecule has 0 bridgehead atoms. The fourth-order valence-corrected chi connectivity index (χ4v) is 2.80. The molecule has 0 radical (unpaired) electrons. The molecule has 0 atom stereocenters. The number of amides is 1. The van der Waals surface area contributed by atoms with E-state index in [4.69, 9.17) is 15.2 Å². The first-order chi connectivity index (χ1) is 11.5. The molecule has 2 aromatic carbocycles. The maximum atomic E-state index is 12.3. The van der Waals surface area contributed by atoms with Crippen LogP contribution in [0, 0.1) is 0 Å². The van der Waals surface area contributed by atoms with Gasteiger partial charge in [-0.1, -0.05) is 12.1 Å². The highest BCUT2D eigenvalue weighted by Gasteiger charge is 2.15. The van der Waals surface area contributed by atoms with Gasteiger partial charge >= 0.3 is 0 Å². The first kappa shape index (κ1) is 18.1. The van der Waals surface area contributed by atoms with Gasteiger partial charge in [0.05, 0.1) is 18.2 Å². The molecule has 0 unspecified atom stereocenters. The van der Waals surface area contributed by atoms with E-state index >= 15 is 0 Å². The SMILES string of the molecule is CCOc1c(Br)cc(C(=O)NCCc2ccc(N)cc2)cc1OC. The van der Waals surface area contributed by atoms with E-state index in [0.29, 0.717) is 34.7 Å². The molecule has 0 aliphatic heterocycles. The molecule has 0 aliphatic carbocycles. The van der Waals surface area contributed by atoms with Crippen molar-refractivity contribution < 1.29 is 14.3 Å². The average Bonchev–Trinajstić information content (AvgIpc) is 2.58. The van der Waals surface area contributed by atoms with Crippen molar-refractivity contribution in [3.63, 3.8) is 0 Å². The Kier molecular flexibility index (Phi) is 6.49. The zero-order chi connectivity index (χ0) is 17.5. The number of methoxy groups -OCH3 is 1. The normalized spacial score (nSPS) is 10.3. The Morgan fingerprint density at radius 2 is 1.96 bits per heavy atom. The molecular formula is C18H21BrN2O3. The average molecular weight is 393 g/mol. The van der Waals surface area contributed by atoms with Gasteiger partial charge in [-0.3, -0.25) is 4.79 Å². The standard InChI is InChI=1S/C18H21BrN2O3/c1-3-24-17-15(19)10-13(11-16(17)23-2)18(22)21-9-8-12-4-6-14(20)7-5-12/h4-7,10-11H,3,8-9,20H2,1-2H3,(H,21,22). The van der Waals surface area contributed by atoms with Crippen LogP contribution < -0.4 is 20.5 Å². The molecular weight excluding hydrogens is 372 g/mol. The Labute approximate surface area is 150 Å². The van der Waals surface area contributed by atoms with Crippen molar-refractivity contribution in [1.29, 1.82) is 0 Å². The van der Waals surface area contributed by atoms with Crippen LogP contribution in [0.5, 0.6) is 11.5 Å². The van der Waals surface area contributed by atoms with Crippen LogP contribution in [0.4, 0.5) is 5.69 Å². The molecule has 0 fully saturated rings. The van der Waals surface area contributed by atoms with Gasteiger partial charge < -0.3 is 20.5 Å². The summed E-state index contributed by atoms with van der Waals surface area (Å²) in [7, 11) is 1.55. The minimum atomic E-state index is -0.160. The second kappa shape index (κ2) is 8.59. The van der Waals surface area contributed by atoms with E-state index in [-0.39, 0.29) is 5.91 Å². The van der Waals surface area contributed by atoms with Crippen molar-refractivity contribution in [1.82, 2.24) is 5.32 Å². The van der Waals surface area contributed by atoms with Gasteiger partial charge in [0.2, 0.25) is 0 Å².